The Labute approximate surface area is 189 Å². The van der Waals surface area contributed by atoms with Crippen LogP contribution in [0.3, 0.4) is 0 Å². The summed E-state index contributed by atoms with van der Waals surface area (Å²) in [5.41, 5.74) is 2.83. The first kappa shape index (κ1) is 22.9. The van der Waals surface area contributed by atoms with Gasteiger partial charge in [0.2, 0.25) is 11.8 Å². The molecule has 2 N–H and O–H groups in total. The van der Waals surface area contributed by atoms with Crippen LogP contribution in [0.2, 0.25) is 5.02 Å². The SMILES string of the molecule is COC(=O)c1cc(Cl)ccc1NC(=O)COCC(=O)Nc1cccc(-c2ccncc2)c1. The summed E-state index contributed by atoms with van der Waals surface area (Å²) < 4.78 is 9.88. The Balaban J connectivity index is 1.50. The van der Waals surface area contributed by atoms with E-state index in [0.29, 0.717) is 10.7 Å². The number of methoxy groups -OCH3 is 1. The Morgan fingerprint density at radius 2 is 1.62 bits per heavy atom. The van der Waals surface area contributed by atoms with Crippen LogP contribution in [-0.2, 0) is 19.1 Å². The lowest BCUT2D eigenvalue weighted by Gasteiger charge is -2.11. The molecule has 8 nitrogen and oxygen atoms in total. The molecule has 9 heteroatoms. The maximum Gasteiger partial charge on any atom is 0.340 e. The zero-order valence-electron chi connectivity index (χ0n) is 17.1. The molecule has 0 saturated heterocycles. The lowest BCUT2D eigenvalue weighted by Crippen LogP contribution is -2.24. The summed E-state index contributed by atoms with van der Waals surface area (Å²) in [7, 11) is 1.23. The third-order valence-electron chi connectivity index (χ3n) is 4.29. The molecule has 1 aromatic heterocycles. The lowest BCUT2D eigenvalue weighted by atomic mass is 10.1. The normalized spacial score (nSPS) is 10.3. The van der Waals surface area contributed by atoms with E-state index in [1.54, 1.807) is 18.5 Å². The molecular weight excluding hydrogens is 434 g/mol. The van der Waals surface area contributed by atoms with Gasteiger partial charge in [-0.05, 0) is 53.6 Å². The molecule has 2 amide bonds. The number of ether oxygens (including phenoxy) is 2. The van der Waals surface area contributed by atoms with E-state index in [1.165, 1.54) is 25.3 Å². The summed E-state index contributed by atoms with van der Waals surface area (Å²) in [6, 6.07) is 15.5. The number of nitrogens with one attached hydrogen (secondary N) is 2. The van der Waals surface area contributed by atoms with Gasteiger partial charge in [-0.2, -0.15) is 0 Å². The van der Waals surface area contributed by atoms with Crippen LogP contribution in [0, 0.1) is 0 Å². The summed E-state index contributed by atoms with van der Waals surface area (Å²) in [6.07, 6.45) is 3.38. The fraction of sp³-hybridized carbons (Fsp3) is 0.130. The van der Waals surface area contributed by atoms with Crippen molar-refractivity contribution in [3.05, 3.63) is 77.6 Å². The highest BCUT2D eigenvalue weighted by molar-refractivity contribution is 6.31. The second kappa shape index (κ2) is 11.0. The fourth-order valence-corrected chi connectivity index (χ4v) is 3.02. The van der Waals surface area contributed by atoms with Gasteiger partial charge in [0.15, 0.2) is 0 Å². The van der Waals surface area contributed by atoms with Crippen LogP contribution in [0.5, 0.6) is 0 Å². The number of aromatic nitrogens is 1. The molecule has 0 bridgehead atoms. The molecule has 0 unspecified atom stereocenters. The number of halogens is 1. The molecule has 0 radical (unpaired) electrons. The van der Waals surface area contributed by atoms with Crippen molar-refractivity contribution in [2.24, 2.45) is 0 Å². The van der Waals surface area contributed by atoms with Crippen molar-refractivity contribution in [1.29, 1.82) is 0 Å². The van der Waals surface area contributed by atoms with Crippen molar-refractivity contribution in [3.63, 3.8) is 0 Å². The highest BCUT2D eigenvalue weighted by atomic mass is 35.5. The zero-order chi connectivity index (χ0) is 22.9. The molecular formula is C23H20ClN3O5. The number of hydrogen-bond donors (Lipinski definition) is 2. The number of carbonyl (C=O) groups is 3. The Kier molecular flexibility index (Phi) is 7.91. The van der Waals surface area contributed by atoms with Crippen molar-refractivity contribution in [1.82, 2.24) is 4.98 Å². The third-order valence-corrected chi connectivity index (χ3v) is 4.52. The van der Waals surface area contributed by atoms with Crippen LogP contribution in [0.4, 0.5) is 11.4 Å². The predicted octanol–water partition coefficient (Wildman–Crippen LogP) is 3.78. The number of pyridine rings is 1. The highest BCUT2D eigenvalue weighted by Crippen LogP contribution is 2.22. The van der Waals surface area contributed by atoms with Crippen molar-refractivity contribution >= 4 is 40.8 Å². The topological polar surface area (TPSA) is 107 Å². The van der Waals surface area contributed by atoms with E-state index in [0.717, 1.165) is 11.1 Å². The first-order valence-corrected chi connectivity index (χ1v) is 9.90. The highest BCUT2D eigenvalue weighted by Gasteiger charge is 2.15. The van der Waals surface area contributed by atoms with E-state index in [1.807, 2.05) is 30.3 Å². The molecule has 1 heterocycles. The van der Waals surface area contributed by atoms with E-state index in [4.69, 9.17) is 16.3 Å². The number of carbonyl (C=O) groups excluding carboxylic acids is 3. The van der Waals surface area contributed by atoms with E-state index in [2.05, 4.69) is 20.4 Å². The van der Waals surface area contributed by atoms with E-state index < -0.39 is 17.8 Å². The molecule has 32 heavy (non-hydrogen) atoms. The van der Waals surface area contributed by atoms with Gasteiger partial charge in [-0.3, -0.25) is 14.6 Å². The number of anilines is 2. The number of benzene rings is 2. The molecule has 0 aliphatic rings. The summed E-state index contributed by atoms with van der Waals surface area (Å²) in [6.45, 7) is -0.703. The smallest absolute Gasteiger partial charge is 0.340 e. The second-order valence-corrected chi connectivity index (χ2v) is 7.02. The largest absolute Gasteiger partial charge is 0.465 e. The van der Waals surface area contributed by atoms with Crippen molar-refractivity contribution in [3.8, 4) is 11.1 Å². The number of esters is 1. The molecule has 3 rings (SSSR count). The Bertz CT molecular complexity index is 1120. The van der Waals surface area contributed by atoms with E-state index >= 15 is 0 Å². The van der Waals surface area contributed by atoms with Gasteiger partial charge >= 0.3 is 5.97 Å². The first-order valence-electron chi connectivity index (χ1n) is 9.52. The second-order valence-electron chi connectivity index (χ2n) is 6.59. The van der Waals surface area contributed by atoms with Gasteiger partial charge in [0.1, 0.15) is 13.2 Å². The Hall–Kier alpha value is -3.75. The van der Waals surface area contributed by atoms with E-state index in [9.17, 15) is 14.4 Å². The van der Waals surface area contributed by atoms with Gasteiger partial charge in [0.25, 0.3) is 0 Å². The summed E-state index contributed by atoms with van der Waals surface area (Å²) in [5, 5.41) is 5.59. The number of amides is 2. The maximum atomic E-state index is 12.2. The van der Waals surface area contributed by atoms with Crippen molar-refractivity contribution in [2.75, 3.05) is 31.0 Å². The third kappa shape index (κ3) is 6.37. The minimum atomic E-state index is -0.642. The Morgan fingerprint density at radius 1 is 0.906 bits per heavy atom. The van der Waals surface area contributed by atoms with Crippen LogP contribution in [-0.4, -0.2) is 43.1 Å². The standard InChI is InChI=1S/C23H20ClN3O5/c1-31-23(30)19-12-17(24)5-6-20(19)27-22(29)14-32-13-21(28)26-18-4-2-3-16(11-18)15-7-9-25-10-8-15/h2-12H,13-14H2,1H3,(H,26,28)(H,27,29). The molecule has 0 aliphatic carbocycles. The van der Waals surface area contributed by atoms with Crippen LogP contribution >= 0.6 is 11.6 Å². The molecule has 3 aromatic rings. The van der Waals surface area contributed by atoms with Crippen LogP contribution in [0.15, 0.2) is 67.0 Å². The summed E-state index contributed by atoms with van der Waals surface area (Å²) >= 11 is 5.89. The lowest BCUT2D eigenvalue weighted by molar-refractivity contribution is -0.125. The van der Waals surface area contributed by atoms with Crippen LogP contribution in [0.1, 0.15) is 10.4 Å². The van der Waals surface area contributed by atoms with Gasteiger partial charge in [-0.25, -0.2) is 4.79 Å². The van der Waals surface area contributed by atoms with Crippen LogP contribution in [0.25, 0.3) is 11.1 Å². The van der Waals surface area contributed by atoms with Gasteiger partial charge in [0.05, 0.1) is 18.4 Å². The molecule has 0 spiro atoms. The fourth-order valence-electron chi connectivity index (χ4n) is 2.84. The molecule has 2 aromatic carbocycles. The minimum Gasteiger partial charge on any atom is -0.465 e. The molecule has 0 fully saturated rings. The van der Waals surface area contributed by atoms with Gasteiger partial charge in [-0.1, -0.05) is 23.7 Å². The Morgan fingerprint density at radius 3 is 2.34 bits per heavy atom. The maximum absolute atomic E-state index is 12.2. The van der Waals surface area contributed by atoms with Gasteiger partial charge in [-0.15, -0.1) is 0 Å². The number of hydrogen-bond acceptors (Lipinski definition) is 6. The summed E-state index contributed by atoms with van der Waals surface area (Å²) in [4.78, 5) is 40.1. The monoisotopic (exact) mass is 453 g/mol. The molecule has 0 aliphatic heterocycles. The quantitative estimate of drug-likeness (QED) is 0.503. The average molecular weight is 454 g/mol. The molecule has 164 valence electrons. The van der Waals surface area contributed by atoms with Gasteiger partial charge < -0.3 is 20.1 Å². The molecule has 0 saturated carbocycles. The first-order chi connectivity index (χ1) is 15.5. The van der Waals surface area contributed by atoms with Crippen LogP contribution < -0.4 is 10.6 Å². The molecule has 0 atom stereocenters. The van der Waals surface area contributed by atoms with Gasteiger partial charge in [0, 0.05) is 23.1 Å². The summed E-state index contributed by atoms with van der Waals surface area (Å²) in [5.74, 6) is -1.59. The number of nitrogens with zero attached hydrogens (tertiary/aromatic N) is 1. The van der Waals surface area contributed by atoms with Crippen molar-refractivity contribution < 1.29 is 23.9 Å². The number of rotatable bonds is 8. The predicted molar refractivity (Wildman–Crippen MR) is 121 cm³/mol. The minimum absolute atomic E-state index is 0.111. The van der Waals surface area contributed by atoms with Crippen molar-refractivity contribution in [2.45, 2.75) is 0 Å². The average Bonchev–Trinajstić information content (AvgIpc) is 2.80. The van der Waals surface area contributed by atoms with E-state index in [-0.39, 0.29) is 24.5 Å². The zero-order valence-corrected chi connectivity index (χ0v) is 17.9.